The van der Waals surface area contributed by atoms with Crippen molar-refractivity contribution in [2.24, 2.45) is 5.73 Å². The molecule has 0 radical (unpaired) electrons. The molecule has 0 aliphatic heterocycles. The molecular weight excluding hydrogens is 218 g/mol. The van der Waals surface area contributed by atoms with Gasteiger partial charge in [0.2, 0.25) is 0 Å². The van der Waals surface area contributed by atoms with Gasteiger partial charge in [-0.2, -0.15) is 0 Å². The number of rotatable bonds is 7. The molecule has 1 unspecified atom stereocenters. The van der Waals surface area contributed by atoms with Crippen LogP contribution in [0.1, 0.15) is 52.4 Å². The van der Waals surface area contributed by atoms with Crippen LogP contribution in [0, 0.1) is 0 Å². The first-order chi connectivity index (χ1) is 8.61. The van der Waals surface area contributed by atoms with Gasteiger partial charge in [-0.05, 0) is 44.6 Å². The average Bonchev–Trinajstić information content (AvgIpc) is 2.53. The standard InChI is InChI=1S/C17H27N/c1-4-6-15-7-5-8-16(11-10-15)13-17(18)12-9-14(2)3/h5,8,10-11,17H,2,4,6-7,9,12-13,18H2,1,3H3. The Morgan fingerprint density at radius 3 is 2.89 bits per heavy atom. The van der Waals surface area contributed by atoms with Gasteiger partial charge in [0.05, 0.1) is 0 Å². The van der Waals surface area contributed by atoms with Gasteiger partial charge in [-0.3, -0.25) is 0 Å². The van der Waals surface area contributed by atoms with E-state index in [1.807, 2.05) is 0 Å². The minimum Gasteiger partial charge on any atom is -0.327 e. The van der Waals surface area contributed by atoms with Gasteiger partial charge in [0.25, 0.3) is 0 Å². The molecule has 2 N–H and O–H groups in total. The van der Waals surface area contributed by atoms with E-state index in [9.17, 15) is 0 Å². The van der Waals surface area contributed by atoms with E-state index in [4.69, 9.17) is 5.73 Å². The molecule has 100 valence electrons. The lowest BCUT2D eigenvalue weighted by Gasteiger charge is -2.11. The van der Waals surface area contributed by atoms with Gasteiger partial charge >= 0.3 is 0 Å². The lowest BCUT2D eigenvalue weighted by molar-refractivity contribution is 0.611. The van der Waals surface area contributed by atoms with E-state index in [-0.39, 0.29) is 6.04 Å². The van der Waals surface area contributed by atoms with Crippen LogP contribution in [0.4, 0.5) is 0 Å². The molecule has 0 aromatic rings. The Bertz CT molecular complexity index is 358. The number of hydrogen-bond acceptors (Lipinski definition) is 1. The third-order valence-corrected chi connectivity index (χ3v) is 3.26. The van der Waals surface area contributed by atoms with Crippen molar-refractivity contribution in [1.82, 2.24) is 0 Å². The van der Waals surface area contributed by atoms with Gasteiger partial charge in [0, 0.05) is 6.04 Å². The molecule has 1 rings (SSSR count). The Kier molecular flexibility index (Phi) is 6.74. The molecule has 0 aromatic carbocycles. The maximum atomic E-state index is 6.16. The van der Waals surface area contributed by atoms with E-state index in [2.05, 4.69) is 44.7 Å². The van der Waals surface area contributed by atoms with Crippen molar-refractivity contribution in [1.29, 1.82) is 0 Å². The monoisotopic (exact) mass is 245 g/mol. The first-order valence-corrected chi connectivity index (χ1v) is 7.07. The van der Waals surface area contributed by atoms with Crippen molar-refractivity contribution in [3.05, 3.63) is 47.6 Å². The first kappa shape index (κ1) is 15.0. The van der Waals surface area contributed by atoms with Crippen LogP contribution in [0.2, 0.25) is 0 Å². The lowest BCUT2D eigenvalue weighted by atomic mass is 10.0. The zero-order valence-electron chi connectivity index (χ0n) is 11.9. The maximum absolute atomic E-state index is 6.16. The van der Waals surface area contributed by atoms with Gasteiger partial charge in [-0.25, -0.2) is 0 Å². The minimum atomic E-state index is 0.249. The van der Waals surface area contributed by atoms with Crippen molar-refractivity contribution in [3.63, 3.8) is 0 Å². The van der Waals surface area contributed by atoms with Crippen LogP contribution < -0.4 is 5.73 Å². The Balaban J connectivity index is 2.48. The van der Waals surface area contributed by atoms with Crippen LogP contribution in [0.25, 0.3) is 0 Å². The van der Waals surface area contributed by atoms with Crippen molar-refractivity contribution in [3.8, 4) is 0 Å². The highest BCUT2D eigenvalue weighted by Crippen LogP contribution is 2.19. The predicted octanol–water partition coefficient (Wildman–Crippen LogP) is 4.67. The van der Waals surface area contributed by atoms with E-state index in [0.29, 0.717) is 0 Å². The van der Waals surface area contributed by atoms with E-state index >= 15 is 0 Å². The fourth-order valence-electron chi connectivity index (χ4n) is 2.19. The molecule has 0 fully saturated rings. The van der Waals surface area contributed by atoms with Crippen molar-refractivity contribution in [2.45, 2.75) is 58.4 Å². The van der Waals surface area contributed by atoms with Crippen LogP contribution in [0.3, 0.4) is 0 Å². The van der Waals surface area contributed by atoms with Gasteiger partial charge < -0.3 is 5.73 Å². The molecule has 1 nitrogen and oxygen atoms in total. The molecule has 1 aliphatic carbocycles. The van der Waals surface area contributed by atoms with Gasteiger partial charge in [-0.15, -0.1) is 6.58 Å². The Hall–Kier alpha value is -1.08. The number of nitrogens with two attached hydrogens (primary N) is 1. The van der Waals surface area contributed by atoms with Crippen LogP contribution in [0.5, 0.6) is 0 Å². The summed E-state index contributed by atoms with van der Waals surface area (Å²) in [5.74, 6) is 0. The quantitative estimate of drug-likeness (QED) is 0.648. The molecule has 0 saturated heterocycles. The van der Waals surface area contributed by atoms with Gasteiger partial charge in [0.1, 0.15) is 0 Å². The van der Waals surface area contributed by atoms with Crippen molar-refractivity contribution >= 4 is 0 Å². The fraction of sp³-hybridized carbons (Fsp3) is 0.529. The lowest BCUT2D eigenvalue weighted by Crippen LogP contribution is -2.20. The number of hydrogen-bond donors (Lipinski definition) is 1. The SMILES string of the molecule is C=C(C)CCC(N)CC1=CC=C(CCC)CC=C1. The van der Waals surface area contributed by atoms with Crippen molar-refractivity contribution < 1.29 is 0 Å². The van der Waals surface area contributed by atoms with Crippen LogP contribution >= 0.6 is 0 Å². The third kappa shape index (κ3) is 6.02. The van der Waals surface area contributed by atoms with Gasteiger partial charge in [-0.1, -0.05) is 48.8 Å². The van der Waals surface area contributed by atoms with E-state index in [1.54, 1.807) is 0 Å². The summed E-state index contributed by atoms with van der Waals surface area (Å²) in [5.41, 5.74) is 10.3. The summed E-state index contributed by atoms with van der Waals surface area (Å²) in [6, 6.07) is 0.249. The second kappa shape index (κ2) is 8.10. The highest BCUT2D eigenvalue weighted by molar-refractivity contribution is 5.31. The zero-order chi connectivity index (χ0) is 13.4. The van der Waals surface area contributed by atoms with Crippen LogP contribution in [-0.4, -0.2) is 6.04 Å². The summed E-state index contributed by atoms with van der Waals surface area (Å²) >= 11 is 0. The molecule has 0 spiro atoms. The molecule has 18 heavy (non-hydrogen) atoms. The highest BCUT2D eigenvalue weighted by atomic mass is 14.6. The summed E-state index contributed by atoms with van der Waals surface area (Å²) in [7, 11) is 0. The molecule has 0 bridgehead atoms. The van der Waals surface area contributed by atoms with Gasteiger partial charge in [0.15, 0.2) is 0 Å². The van der Waals surface area contributed by atoms with Crippen LogP contribution in [-0.2, 0) is 0 Å². The second-order valence-electron chi connectivity index (χ2n) is 5.38. The Labute approximate surface area is 112 Å². The van der Waals surface area contributed by atoms with E-state index < -0.39 is 0 Å². The first-order valence-electron chi connectivity index (χ1n) is 7.07. The summed E-state index contributed by atoms with van der Waals surface area (Å²) in [5, 5.41) is 0. The molecule has 1 aliphatic rings. The summed E-state index contributed by atoms with van der Waals surface area (Å²) in [6.07, 6.45) is 15.6. The highest BCUT2D eigenvalue weighted by Gasteiger charge is 2.06. The summed E-state index contributed by atoms with van der Waals surface area (Å²) < 4.78 is 0. The number of allylic oxidation sites excluding steroid dienone is 6. The Morgan fingerprint density at radius 1 is 1.44 bits per heavy atom. The van der Waals surface area contributed by atoms with Crippen molar-refractivity contribution in [2.75, 3.05) is 0 Å². The summed E-state index contributed by atoms with van der Waals surface area (Å²) in [6.45, 7) is 8.22. The maximum Gasteiger partial charge on any atom is 0.00823 e. The molecule has 1 atom stereocenters. The molecule has 0 amide bonds. The predicted molar refractivity (Wildman–Crippen MR) is 81.5 cm³/mol. The average molecular weight is 245 g/mol. The molecule has 0 saturated carbocycles. The minimum absolute atomic E-state index is 0.249. The summed E-state index contributed by atoms with van der Waals surface area (Å²) in [4.78, 5) is 0. The zero-order valence-corrected chi connectivity index (χ0v) is 11.9. The third-order valence-electron chi connectivity index (χ3n) is 3.26. The molecule has 0 aromatic heterocycles. The normalized spacial score (nSPS) is 16.8. The largest absolute Gasteiger partial charge is 0.327 e. The molecule has 0 heterocycles. The van der Waals surface area contributed by atoms with E-state index in [0.717, 1.165) is 25.7 Å². The topological polar surface area (TPSA) is 26.0 Å². The fourth-order valence-corrected chi connectivity index (χ4v) is 2.19. The second-order valence-corrected chi connectivity index (χ2v) is 5.38. The van der Waals surface area contributed by atoms with Crippen LogP contribution in [0.15, 0.2) is 47.6 Å². The molecular formula is C17H27N. The Morgan fingerprint density at radius 2 is 2.22 bits per heavy atom. The smallest absolute Gasteiger partial charge is 0.00823 e. The molecule has 1 heteroatoms. The van der Waals surface area contributed by atoms with E-state index in [1.165, 1.54) is 29.6 Å².